The Hall–Kier alpha value is -5.23. The molecule has 7 nitrogen and oxygen atoms in total. The van der Waals surface area contributed by atoms with Gasteiger partial charge < -0.3 is 14.9 Å². The molecule has 3 N–H and O–H groups in total. The smallest absolute Gasteiger partial charge is 0.325 e. The first kappa shape index (κ1) is 31.7. The highest BCUT2D eigenvalue weighted by Gasteiger charge is 2.27. The molecule has 0 spiro atoms. The van der Waals surface area contributed by atoms with E-state index < -0.39 is 12.0 Å². The summed E-state index contributed by atoms with van der Waals surface area (Å²) in [5.74, 6) is -0.598. The van der Waals surface area contributed by atoms with Crippen LogP contribution in [-0.4, -0.2) is 21.2 Å². The summed E-state index contributed by atoms with van der Waals surface area (Å²) in [4.78, 5) is 16.3. The summed E-state index contributed by atoms with van der Waals surface area (Å²) in [6, 6.07) is 25.3. The van der Waals surface area contributed by atoms with Gasteiger partial charge in [-0.25, -0.2) is 4.39 Å². The summed E-state index contributed by atoms with van der Waals surface area (Å²) < 4.78 is 21.0. The number of phenols is 1. The number of nitriles is 1. The molecule has 1 aliphatic rings. The number of phenolic OH excluding ortho intramolecular Hbond substituents is 1. The van der Waals surface area contributed by atoms with Gasteiger partial charge in [0, 0.05) is 40.7 Å². The van der Waals surface area contributed by atoms with Crippen molar-refractivity contribution in [3.05, 3.63) is 147 Å². The molecule has 0 bridgehead atoms. The standard InChI is InChI=1S/C38H31ClFN3O4/c39-34-16-28(21-43-37(38(45)46)25-8-11-29(44)12-9-25)36(47-22-24-14-23(18-41)19-42-20-24)17-27(34)15-26-10-13-32-30(26)5-3-6-31(32)33-4-1-2-7-35(33)40/h1-9,11-12,14,16-17,19-20,26,37,43-44H,10,13,15,21-22H2,(H,45,46)/t26-,37-/m1/s1. The number of halogens is 2. The zero-order valence-corrected chi connectivity index (χ0v) is 26.0. The Morgan fingerprint density at radius 2 is 1.83 bits per heavy atom. The first-order valence-corrected chi connectivity index (χ1v) is 15.6. The minimum Gasteiger partial charge on any atom is -0.508 e. The van der Waals surface area contributed by atoms with Crippen LogP contribution in [0.15, 0.2) is 97.3 Å². The fourth-order valence-corrected chi connectivity index (χ4v) is 6.49. The van der Waals surface area contributed by atoms with Crippen molar-refractivity contribution in [3.8, 4) is 28.7 Å². The molecule has 0 saturated carbocycles. The molecule has 1 heterocycles. The number of carboxylic acids is 1. The molecular formula is C38H31ClFN3O4. The minimum atomic E-state index is -1.07. The van der Waals surface area contributed by atoms with Crippen LogP contribution >= 0.6 is 11.6 Å². The van der Waals surface area contributed by atoms with E-state index in [1.165, 1.54) is 30.0 Å². The molecule has 0 unspecified atom stereocenters. The van der Waals surface area contributed by atoms with Crippen molar-refractivity contribution in [3.63, 3.8) is 0 Å². The van der Waals surface area contributed by atoms with E-state index in [1.54, 1.807) is 36.5 Å². The fraction of sp³-hybridized carbons (Fsp3) is 0.184. The van der Waals surface area contributed by atoms with Crippen molar-refractivity contribution in [1.29, 1.82) is 5.26 Å². The number of carboxylic acid groups (broad SMARTS) is 1. The number of hydrogen-bond acceptors (Lipinski definition) is 6. The van der Waals surface area contributed by atoms with Crippen LogP contribution in [-0.2, 0) is 30.8 Å². The Morgan fingerprint density at radius 3 is 2.60 bits per heavy atom. The van der Waals surface area contributed by atoms with E-state index in [9.17, 15) is 24.7 Å². The van der Waals surface area contributed by atoms with Gasteiger partial charge in [-0.05, 0) is 89.4 Å². The zero-order chi connectivity index (χ0) is 32.9. The molecule has 0 radical (unpaired) electrons. The van der Waals surface area contributed by atoms with Gasteiger partial charge >= 0.3 is 5.97 Å². The number of aromatic nitrogens is 1. The van der Waals surface area contributed by atoms with Crippen molar-refractivity contribution < 1.29 is 24.1 Å². The Morgan fingerprint density at radius 1 is 1.04 bits per heavy atom. The second-order valence-electron chi connectivity index (χ2n) is 11.6. The molecule has 6 rings (SSSR count). The summed E-state index contributed by atoms with van der Waals surface area (Å²) in [6.45, 7) is 0.261. The third-order valence-electron chi connectivity index (χ3n) is 8.54. The molecule has 0 amide bonds. The minimum absolute atomic E-state index is 0.0410. The number of benzene rings is 4. The van der Waals surface area contributed by atoms with Gasteiger partial charge in [-0.3, -0.25) is 15.1 Å². The highest BCUT2D eigenvalue weighted by Crippen LogP contribution is 2.42. The third kappa shape index (κ3) is 7.12. The van der Waals surface area contributed by atoms with Gasteiger partial charge in [0.1, 0.15) is 36.0 Å². The van der Waals surface area contributed by atoms with E-state index >= 15 is 0 Å². The Labute approximate surface area is 276 Å². The number of pyridine rings is 1. The molecule has 236 valence electrons. The summed E-state index contributed by atoms with van der Waals surface area (Å²) in [7, 11) is 0. The molecule has 9 heteroatoms. The van der Waals surface area contributed by atoms with Gasteiger partial charge in [-0.1, -0.05) is 60.1 Å². The lowest BCUT2D eigenvalue weighted by Crippen LogP contribution is -2.28. The number of rotatable bonds is 11. The molecule has 0 aliphatic heterocycles. The van der Waals surface area contributed by atoms with Gasteiger partial charge in [0.25, 0.3) is 0 Å². The summed E-state index contributed by atoms with van der Waals surface area (Å²) in [5, 5.41) is 32.5. The summed E-state index contributed by atoms with van der Waals surface area (Å²) >= 11 is 6.90. The Bertz CT molecular complexity index is 1980. The second-order valence-corrected chi connectivity index (χ2v) is 12.0. The topological polar surface area (TPSA) is 115 Å². The monoisotopic (exact) mass is 647 g/mol. The molecule has 1 aromatic heterocycles. The molecular weight excluding hydrogens is 617 g/mol. The molecule has 5 aromatic rings. The Kier molecular flexibility index (Phi) is 9.48. The number of aromatic hydroxyl groups is 1. The molecule has 0 saturated heterocycles. The maximum Gasteiger partial charge on any atom is 0.325 e. The van der Waals surface area contributed by atoms with Crippen molar-refractivity contribution in [2.75, 3.05) is 0 Å². The SMILES string of the molecule is N#Cc1cncc(COc2cc(C[C@H]3CCc4c(-c5ccccc5F)cccc43)c(Cl)cc2CN[C@@H](C(=O)O)c2ccc(O)cc2)c1. The number of carbonyl (C=O) groups is 1. The van der Waals surface area contributed by atoms with Crippen molar-refractivity contribution in [1.82, 2.24) is 10.3 Å². The fourth-order valence-electron chi connectivity index (χ4n) is 6.23. The number of nitrogens with zero attached hydrogens (tertiary/aromatic N) is 2. The zero-order valence-electron chi connectivity index (χ0n) is 25.3. The number of nitrogens with one attached hydrogen (secondary N) is 1. The van der Waals surface area contributed by atoms with E-state index in [-0.39, 0.29) is 30.6 Å². The van der Waals surface area contributed by atoms with Crippen LogP contribution in [0.25, 0.3) is 11.1 Å². The van der Waals surface area contributed by atoms with Gasteiger partial charge in [0.15, 0.2) is 0 Å². The lowest BCUT2D eigenvalue weighted by atomic mass is 9.90. The Balaban J connectivity index is 1.29. The van der Waals surface area contributed by atoms with Gasteiger partial charge in [0.05, 0.1) is 5.56 Å². The summed E-state index contributed by atoms with van der Waals surface area (Å²) in [5.41, 5.74) is 6.96. The van der Waals surface area contributed by atoms with Crippen molar-refractivity contribution in [2.24, 2.45) is 0 Å². The predicted octanol–water partition coefficient (Wildman–Crippen LogP) is 7.89. The van der Waals surface area contributed by atoms with E-state index in [0.29, 0.717) is 45.0 Å². The summed E-state index contributed by atoms with van der Waals surface area (Å²) in [6.07, 6.45) is 5.45. The normalized spacial score (nSPS) is 14.3. The quantitative estimate of drug-likeness (QED) is 0.134. The van der Waals surface area contributed by atoms with Crippen LogP contribution in [0.4, 0.5) is 4.39 Å². The van der Waals surface area contributed by atoms with Crippen molar-refractivity contribution in [2.45, 2.75) is 44.4 Å². The van der Waals surface area contributed by atoms with Crippen LogP contribution < -0.4 is 10.1 Å². The van der Waals surface area contributed by atoms with E-state index in [1.807, 2.05) is 30.3 Å². The largest absolute Gasteiger partial charge is 0.508 e. The van der Waals surface area contributed by atoms with Crippen LogP contribution in [0, 0.1) is 17.1 Å². The highest BCUT2D eigenvalue weighted by molar-refractivity contribution is 6.31. The number of aliphatic carboxylic acids is 1. The van der Waals surface area contributed by atoms with E-state index in [2.05, 4.69) is 22.4 Å². The highest BCUT2D eigenvalue weighted by atomic mass is 35.5. The number of fused-ring (bicyclic) bond motifs is 1. The van der Waals surface area contributed by atoms with Crippen LogP contribution in [0.5, 0.6) is 11.5 Å². The van der Waals surface area contributed by atoms with Crippen LogP contribution in [0.1, 0.15) is 57.3 Å². The second kappa shape index (κ2) is 14.0. The maximum absolute atomic E-state index is 14.7. The number of hydrogen-bond donors (Lipinski definition) is 3. The molecule has 47 heavy (non-hydrogen) atoms. The van der Waals surface area contributed by atoms with Crippen LogP contribution in [0.2, 0.25) is 5.02 Å². The maximum atomic E-state index is 14.7. The van der Waals surface area contributed by atoms with E-state index in [4.69, 9.17) is 16.3 Å². The van der Waals surface area contributed by atoms with Crippen LogP contribution in [0.3, 0.4) is 0 Å². The van der Waals surface area contributed by atoms with Gasteiger partial charge in [-0.2, -0.15) is 5.26 Å². The predicted molar refractivity (Wildman–Crippen MR) is 177 cm³/mol. The van der Waals surface area contributed by atoms with E-state index in [0.717, 1.165) is 29.5 Å². The third-order valence-corrected chi connectivity index (χ3v) is 8.89. The number of ether oxygens (including phenoxy) is 1. The lowest BCUT2D eigenvalue weighted by Gasteiger charge is -2.20. The van der Waals surface area contributed by atoms with Crippen molar-refractivity contribution >= 4 is 17.6 Å². The molecule has 1 aliphatic carbocycles. The lowest BCUT2D eigenvalue weighted by molar-refractivity contribution is -0.139. The molecule has 0 fully saturated rings. The average molecular weight is 648 g/mol. The average Bonchev–Trinajstić information content (AvgIpc) is 3.49. The first-order chi connectivity index (χ1) is 22.8. The first-order valence-electron chi connectivity index (χ1n) is 15.2. The van der Waals surface area contributed by atoms with Gasteiger partial charge in [-0.15, -0.1) is 0 Å². The van der Waals surface area contributed by atoms with Gasteiger partial charge in [0.2, 0.25) is 0 Å². The molecule has 2 atom stereocenters. The molecule has 4 aromatic carbocycles.